The Morgan fingerprint density at radius 1 is 0.976 bits per heavy atom. The fourth-order valence-electron chi connectivity index (χ4n) is 5.88. The van der Waals surface area contributed by atoms with Gasteiger partial charge in [-0.3, -0.25) is 9.59 Å². The number of amides is 3. The predicted molar refractivity (Wildman–Crippen MR) is 162 cm³/mol. The molecule has 3 aromatic rings. The third-order valence-corrected chi connectivity index (χ3v) is 7.90. The highest BCUT2D eigenvalue weighted by atomic mass is 16.5. The van der Waals surface area contributed by atoms with E-state index in [0.29, 0.717) is 49.2 Å². The summed E-state index contributed by atoms with van der Waals surface area (Å²) in [6.45, 7) is 7.94. The van der Waals surface area contributed by atoms with Crippen LogP contribution < -0.4 is 26.4 Å². The number of fused-ring (bicyclic) bond motifs is 4. The van der Waals surface area contributed by atoms with Crippen molar-refractivity contribution in [2.45, 2.75) is 45.6 Å². The normalized spacial score (nSPS) is 17.5. The Bertz CT molecular complexity index is 1430. The zero-order chi connectivity index (χ0) is 28.8. The molecule has 0 aliphatic carbocycles. The van der Waals surface area contributed by atoms with E-state index in [1.165, 1.54) is 5.56 Å². The third-order valence-electron chi connectivity index (χ3n) is 7.90. The lowest BCUT2D eigenvalue weighted by Gasteiger charge is -2.44. The largest absolute Gasteiger partial charge is 0.382 e. The van der Waals surface area contributed by atoms with E-state index in [0.717, 1.165) is 43.7 Å². The molecule has 2 bridgehead atoms. The van der Waals surface area contributed by atoms with Crippen molar-refractivity contribution in [2.24, 2.45) is 5.92 Å². The molecule has 3 heterocycles. The molecule has 9 nitrogen and oxygen atoms in total. The van der Waals surface area contributed by atoms with Gasteiger partial charge in [-0.1, -0.05) is 25.1 Å². The molecular formula is C32H39N5O4. The van der Waals surface area contributed by atoms with Crippen LogP contribution in [0, 0.1) is 5.92 Å². The highest BCUT2D eigenvalue weighted by molar-refractivity contribution is 6.04. The van der Waals surface area contributed by atoms with Gasteiger partial charge in [0.15, 0.2) is 0 Å². The first-order valence-electron chi connectivity index (χ1n) is 14.6. The maximum Gasteiger partial charge on any atom is 0.323 e. The van der Waals surface area contributed by atoms with Gasteiger partial charge >= 0.3 is 6.03 Å². The van der Waals surface area contributed by atoms with Gasteiger partial charge in [-0.15, -0.1) is 0 Å². The number of hydrogen-bond acceptors (Lipinski definition) is 5. The van der Waals surface area contributed by atoms with Gasteiger partial charge in [-0.25, -0.2) is 4.79 Å². The monoisotopic (exact) mass is 557 g/mol. The summed E-state index contributed by atoms with van der Waals surface area (Å²) in [5.74, 6) is 0.326. The molecule has 2 unspecified atom stereocenters. The Balaban J connectivity index is 1.37. The lowest BCUT2D eigenvalue weighted by molar-refractivity contribution is 0.0944. The van der Waals surface area contributed by atoms with E-state index in [-0.39, 0.29) is 23.4 Å². The first-order chi connectivity index (χ1) is 19.9. The number of nitrogens with one attached hydrogen (secondary N) is 3. The average molecular weight is 558 g/mol. The second-order valence-corrected chi connectivity index (χ2v) is 10.8. The van der Waals surface area contributed by atoms with Crippen molar-refractivity contribution in [3.8, 4) is 0 Å². The van der Waals surface area contributed by atoms with Crippen molar-refractivity contribution in [3.63, 3.8) is 0 Å². The Hall–Kier alpha value is -4.11. The molecule has 5 rings (SSSR count). The highest BCUT2D eigenvalue weighted by Gasteiger charge is 2.35. The Morgan fingerprint density at radius 2 is 1.80 bits per heavy atom. The fourth-order valence-corrected chi connectivity index (χ4v) is 5.88. The lowest BCUT2D eigenvalue weighted by atomic mass is 9.83. The molecule has 0 spiro atoms. The summed E-state index contributed by atoms with van der Waals surface area (Å²) in [5, 5.41) is 8.87. The van der Waals surface area contributed by atoms with Gasteiger partial charge in [0.05, 0.1) is 11.4 Å². The molecule has 3 N–H and O–H groups in total. The Morgan fingerprint density at radius 3 is 2.59 bits per heavy atom. The number of carbonyl (C=O) groups excluding carboxylic acids is 2. The zero-order valence-corrected chi connectivity index (χ0v) is 23.8. The number of aryl methyl sites for hydroxylation is 1. The molecule has 3 amide bonds. The van der Waals surface area contributed by atoms with Gasteiger partial charge in [0, 0.05) is 68.3 Å². The van der Waals surface area contributed by atoms with Crippen molar-refractivity contribution in [2.75, 3.05) is 48.4 Å². The van der Waals surface area contributed by atoms with Crippen LogP contribution in [0.4, 0.5) is 21.9 Å². The van der Waals surface area contributed by atoms with Crippen LogP contribution >= 0.6 is 0 Å². The van der Waals surface area contributed by atoms with E-state index < -0.39 is 0 Å². The first-order valence-corrected chi connectivity index (χ1v) is 14.6. The van der Waals surface area contributed by atoms with Crippen molar-refractivity contribution in [1.29, 1.82) is 0 Å². The van der Waals surface area contributed by atoms with E-state index in [9.17, 15) is 14.4 Å². The summed E-state index contributed by atoms with van der Waals surface area (Å²) in [5.41, 5.74) is 4.90. The van der Waals surface area contributed by atoms with E-state index in [2.05, 4.69) is 27.8 Å². The van der Waals surface area contributed by atoms with E-state index in [1.54, 1.807) is 12.1 Å². The molecule has 41 heavy (non-hydrogen) atoms. The maximum atomic E-state index is 13.1. The molecule has 0 radical (unpaired) electrons. The molecule has 216 valence electrons. The van der Waals surface area contributed by atoms with Gasteiger partial charge in [0.1, 0.15) is 0 Å². The van der Waals surface area contributed by atoms with Gasteiger partial charge in [-0.2, -0.15) is 0 Å². The number of aromatic nitrogens is 1. The number of piperidine rings is 1. The Kier molecular flexibility index (Phi) is 9.04. The number of benzene rings is 2. The molecule has 2 aliphatic heterocycles. The summed E-state index contributed by atoms with van der Waals surface area (Å²) < 4.78 is 7.27. The highest BCUT2D eigenvalue weighted by Crippen LogP contribution is 2.39. The van der Waals surface area contributed by atoms with Gasteiger partial charge < -0.3 is 30.2 Å². The van der Waals surface area contributed by atoms with Crippen molar-refractivity contribution >= 4 is 29.0 Å². The van der Waals surface area contributed by atoms with Crippen LogP contribution in [-0.2, 0) is 17.7 Å². The molecule has 2 aliphatic rings. The SMILES string of the molecule is CCOCCCNC(=O)c1ccc(N2CC3CC(C2)c2cccc(=O)n2C3)c(NC(=O)Nc2ccc(CC)cc2)c1. The van der Waals surface area contributed by atoms with Crippen LogP contribution in [0.15, 0.2) is 65.5 Å². The number of pyridine rings is 1. The van der Waals surface area contributed by atoms with Crippen LogP contribution in [0.2, 0.25) is 0 Å². The van der Waals surface area contributed by atoms with Crippen LogP contribution in [0.25, 0.3) is 0 Å². The van der Waals surface area contributed by atoms with Crippen molar-refractivity contribution in [1.82, 2.24) is 9.88 Å². The van der Waals surface area contributed by atoms with Gasteiger partial charge in [0.2, 0.25) is 0 Å². The molecule has 9 heteroatoms. The number of carbonyl (C=O) groups is 2. The molecule has 0 saturated carbocycles. The van der Waals surface area contributed by atoms with Gasteiger partial charge in [0.25, 0.3) is 11.5 Å². The second kappa shape index (κ2) is 13.0. The van der Waals surface area contributed by atoms with Crippen LogP contribution in [-0.4, -0.2) is 49.4 Å². The van der Waals surface area contributed by atoms with E-state index >= 15 is 0 Å². The molecule has 2 aromatic carbocycles. The van der Waals surface area contributed by atoms with Crippen LogP contribution in [0.3, 0.4) is 0 Å². The number of hydrogen-bond donors (Lipinski definition) is 3. The van der Waals surface area contributed by atoms with Crippen molar-refractivity contribution < 1.29 is 14.3 Å². The quantitative estimate of drug-likeness (QED) is 0.310. The number of rotatable bonds is 10. The third kappa shape index (κ3) is 6.79. The summed E-state index contributed by atoms with van der Waals surface area (Å²) in [6.07, 6.45) is 2.68. The smallest absolute Gasteiger partial charge is 0.323 e. The van der Waals surface area contributed by atoms with Gasteiger partial charge in [-0.05, 0) is 74.1 Å². The van der Waals surface area contributed by atoms with Crippen molar-refractivity contribution in [3.05, 3.63) is 87.8 Å². The standard InChI is InChI=1S/C32H39N5O4/c1-3-22-9-12-26(13-10-22)34-32(40)35-27-18-24(31(39)33-15-6-16-41-4-2)11-14-29(27)36-19-23-17-25(21-36)28-7-5-8-30(38)37(28)20-23/h5,7-14,18,23,25H,3-4,6,15-17,19-21H2,1-2H3,(H,33,39)(H2,34,35,40). The van der Waals surface area contributed by atoms with Crippen LogP contribution in [0.1, 0.15) is 54.2 Å². The van der Waals surface area contributed by atoms with Crippen LogP contribution in [0.5, 0.6) is 0 Å². The average Bonchev–Trinajstić information content (AvgIpc) is 2.98. The topological polar surface area (TPSA) is 105 Å². The minimum Gasteiger partial charge on any atom is -0.382 e. The minimum atomic E-state index is -0.376. The second-order valence-electron chi connectivity index (χ2n) is 10.8. The number of anilines is 3. The lowest BCUT2D eigenvalue weighted by Crippen LogP contribution is -2.47. The maximum absolute atomic E-state index is 13.1. The van der Waals surface area contributed by atoms with E-state index in [1.807, 2.05) is 60.0 Å². The summed E-state index contributed by atoms with van der Waals surface area (Å²) in [6, 6.07) is 18.4. The number of ether oxygens (including phenoxy) is 1. The zero-order valence-electron chi connectivity index (χ0n) is 23.8. The number of nitrogens with zero attached hydrogens (tertiary/aromatic N) is 2. The summed E-state index contributed by atoms with van der Waals surface area (Å²) in [4.78, 5) is 40.8. The minimum absolute atomic E-state index is 0.0493. The summed E-state index contributed by atoms with van der Waals surface area (Å²) in [7, 11) is 0. The molecule has 2 atom stereocenters. The fraction of sp³-hybridized carbons (Fsp3) is 0.406. The molecular weight excluding hydrogens is 518 g/mol. The number of urea groups is 1. The Labute approximate surface area is 240 Å². The molecule has 1 fully saturated rings. The summed E-state index contributed by atoms with van der Waals surface area (Å²) >= 11 is 0. The van der Waals surface area contributed by atoms with E-state index in [4.69, 9.17) is 4.74 Å². The predicted octanol–water partition coefficient (Wildman–Crippen LogP) is 4.83. The molecule has 1 saturated heterocycles. The molecule has 1 aromatic heterocycles. The first kappa shape index (κ1) is 28.4.